The lowest BCUT2D eigenvalue weighted by Crippen LogP contribution is -2.08. The zero-order valence-corrected chi connectivity index (χ0v) is 10.0. The molecule has 2 heterocycles. The van der Waals surface area contributed by atoms with Gasteiger partial charge < -0.3 is 5.32 Å². The van der Waals surface area contributed by atoms with Gasteiger partial charge in [-0.15, -0.1) is 0 Å². The van der Waals surface area contributed by atoms with Gasteiger partial charge in [-0.3, -0.25) is 4.68 Å². The van der Waals surface area contributed by atoms with E-state index < -0.39 is 0 Å². The van der Waals surface area contributed by atoms with E-state index in [1.165, 1.54) is 5.56 Å². The molecule has 0 bridgehead atoms. The maximum absolute atomic E-state index is 4.28. The summed E-state index contributed by atoms with van der Waals surface area (Å²) in [5.41, 5.74) is 1.30. The summed E-state index contributed by atoms with van der Waals surface area (Å²) < 4.78 is 1.83. The first-order chi connectivity index (χ1) is 8.38. The van der Waals surface area contributed by atoms with Gasteiger partial charge in [0.2, 0.25) is 0 Å². The van der Waals surface area contributed by atoms with Crippen LogP contribution in [0.25, 0.3) is 0 Å². The number of aryl methyl sites for hydroxylation is 2. The molecule has 90 valence electrons. The van der Waals surface area contributed by atoms with Gasteiger partial charge in [-0.05, 0) is 30.5 Å². The van der Waals surface area contributed by atoms with Crippen molar-refractivity contribution in [3.05, 3.63) is 36.5 Å². The summed E-state index contributed by atoms with van der Waals surface area (Å²) in [4.78, 5) is 8.18. The number of anilines is 1. The van der Waals surface area contributed by atoms with Gasteiger partial charge in [0.1, 0.15) is 18.5 Å². The van der Waals surface area contributed by atoms with E-state index in [1.807, 2.05) is 16.9 Å². The Bertz CT molecular complexity index is 438. The molecule has 0 spiro atoms. The monoisotopic (exact) mass is 231 g/mol. The summed E-state index contributed by atoms with van der Waals surface area (Å²) in [5.74, 6) is 0.947. The second-order valence-electron chi connectivity index (χ2n) is 3.84. The van der Waals surface area contributed by atoms with Gasteiger partial charge in [0.15, 0.2) is 0 Å². The number of hydrogen-bond acceptors (Lipinski definition) is 4. The zero-order chi connectivity index (χ0) is 11.9. The second kappa shape index (κ2) is 5.98. The molecule has 0 aromatic carbocycles. The molecule has 2 rings (SSSR count). The first-order valence-electron chi connectivity index (χ1n) is 5.89. The van der Waals surface area contributed by atoms with Crippen LogP contribution in [0.3, 0.4) is 0 Å². The molecule has 2 aromatic rings. The van der Waals surface area contributed by atoms with Crippen molar-refractivity contribution in [2.24, 2.45) is 0 Å². The Morgan fingerprint density at radius 2 is 2.35 bits per heavy atom. The predicted octanol–water partition coefficient (Wildman–Crippen LogP) is 1.74. The molecule has 0 aliphatic carbocycles. The Morgan fingerprint density at radius 1 is 1.41 bits per heavy atom. The lowest BCUT2D eigenvalue weighted by molar-refractivity contribution is 0.590. The maximum atomic E-state index is 4.28. The van der Waals surface area contributed by atoms with E-state index >= 15 is 0 Å². The lowest BCUT2D eigenvalue weighted by Gasteiger charge is -2.06. The molecule has 0 fully saturated rings. The van der Waals surface area contributed by atoms with Crippen LogP contribution in [0.15, 0.2) is 31.0 Å². The van der Waals surface area contributed by atoms with Gasteiger partial charge in [0.05, 0.1) is 0 Å². The summed E-state index contributed by atoms with van der Waals surface area (Å²) in [6.45, 7) is 3.91. The van der Waals surface area contributed by atoms with E-state index in [0.29, 0.717) is 0 Å². The number of aromatic nitrogens is 4. The van der Waals surface area contributed by atoms with E-state index in [4.69, 9.17) is 0 Å². The van der Waals surface area contributed by atoms with E-state index in [-0.39, 0.29) is 0 Å². The van der Waals surface area contributed by atoms with Gasteiger partial charge >= 0.3 is 0 Å². The van der Waals surface area contributed by atoms with Crippen LogP contribution in [0.4, 0.5) is 5.82 Å². The van der Waals surface area contributed by atoms with Crippen molar-refractivity contribution in [2.75, 3.05) is 11.9 Å². The largest absolute Gasteiger partial charge is 0.370 e. The fourth-order valence-electron chi connectivity index (χ4n) is 1.60. The average Bonchev–Trinajstić information content (AvgIpc) is 2.88. The fraction of sp³-hybridized carbons (Fsp3) is 0.417. The molecule has 0 amide bonds. The van der Waals surface area contributed by atoms with Crippen molar-refractivity contribution in [3.8, 4) is 0 Å². The Morgan fingerprint density at radius 3 is 3.12 bits per heavy atom. The topological polar surface area (TPSA) is 55.6 Å². The Kier molecular flexibility index (Phi) is 4.07. The van der Waals surface area contributed by atoms with Crippen LogP contribution < -0.4 is 5.32 Å². The number of nitrogens with zero attached hydrogens (tertiary/aromatic N) is 4. The number of nitrogens with one attached hydrogen (secondary N) is 1. The van der Waals surface area contributed by atoms with Crippen LogP contribution >= 0.6 is 0 Å². The smallest absolute Gasteiger partial charge is 0.137 e. The highest BCUT2D eigenvalue weighted by molar-refractivity contribution is 5.37. The highest BCUT2D eigenvalue weighted by Gasteiger charge is 1.96. The van der Waals surface area contributed by atoms with Gasteiger partial charge in [0.25, 0.3) is 0 Å². The first-order valence-corrected chi connectivity index (χ1v) is 5.89. The first kappa shape index (κ1) is 11.6. The third kappa shape index (κ3) is 3.55. The van der Waals surface area contributed by atoms with E-state index in [0.717, 1.165) is 31.7 Å². The minimum Gasteiger partial charge on any atom is -0.370 e. The molecule has 0 atom stereocenters. The van der Waals surface area contributed by atoms with Gasteiger partial charge in [-0.25, -0.2) is 9.97 Å². The van der Waals surface area contributed by atoms with Crippen LogP contribution in [0, 0.1) is 0 Å². The summed E-state index contributed by atoms with van der Waals surface area (Å²) in [5, 5.41) is 7.36. The maximum Gasteiger partial charge on any atom is 0.137 e. The minimum atomic E-state index is 0.875. The summed E-state index contributed by atoms with van der Waals surface area (Å²) in [6, 6.07) is 4.13. The van der Waals surface area contributed by atoms with E-state index in [1.54, 1.807) is 12.7 Å². The fourth-order valence-corrected chi connectivity index (χ4v) is 1.60. The summed E-state index contributed by atoms with van der Waals surface area (Å²) >= 11 is 0. The van der Waals surface area contributed by atoms with Crippen LogP contribution in [-0.2, 0) is 13.0 Å². The van der Waals surface area contributed by atoms with Crippen LogP contribution in [-0.4, -0.2) is 26.3 Å². The number of rotatable bonds is 6. The van der Waals surface area contributed by atoms with Crippen LogP contribution in [0.2, 0.25) is 0 Å². The molecule has 1 N–H and O–H groups in total. The van der Waals surface area contributed by atoms with Crippen molar-refractivity contribution in [1.29, 1.82) is 0 Å². The molecule has 5 heteroatoms. The van der Waals surface area contributed by atoms with E-state index in [9.17, 15) is 0 Å². The second-order valence-corrected chi connectivity index (χ2v) is 3.84. The minimum absolute atomic E-state index is 0.875. The molecule has 5 nitrogen and oxygen atoms in total. The molecule has 0 saturated carbocycles. The summed E-state index contributed by atoms with van der Waals surface area (Å²) in [7, 11) is 0. The Labute approximate surface area is 101 Å². The highest BCUT2D eigenvalue weighted by atomic mass is 15.3. The Balaban J connectivity index is 1.74. The van der Waals surface area contributed by atoms with Crippen LogP contribution in [0.1, 0.15) is 18.9 Å². The van der Waals surface area contributed by atoms with Crippen molar-refractivity contribution in [2.45, 2.75) is 26.3 Å². The van der Waals surface area contributed by atoms with Gasteiger partial charge in [-0.2, -0.15) is 5.10 Å². The standard InChI is InChI=1S/C12H17N5/c1-2-11-4-6-15-12(8-11)14-5-3-7-17-10-13-9-16-17/h4,6,8-10H,2-3,5,7H2,1H3,(H,14,15). The molecular formula is C12H17N5. The normalized spacial score (nSPS) is 10.4. The molecule has 2 aromatic heterocycles. The summed E-state index contributed by atoms with van der Waals surface area (Å²) in [6.07, 6.45) is 7.17. The molecule has 17 heavy (non-hydrogen) atoms. The zero-order valence-electron chi connectivity index (χ0n) is 10.0. The Hall–Kier alpha value is -1.91. The molecular weight excluding hydrogens is 214 g/mol. The molecule has 0 unspecified atom stereocenters. The third-order valence-corrected chi connectivity index (χ3v) is 2.57. The lowest BCUT2D eigenvalue weighted by atomic mass is 10.2. The van der Waals surface area contributed by atoms with Crippen molar-refractivity contribution >= 4 is 5.82 Å². The van der Waals surface area contributed by atoms with E-state index in [2.05, 4.69) is 33.4 Å². The van der Waals surface area contributed by atoms with Crippen molar-refractivity contribution in [1.82, 2.24) is 19.7 Å². The van der Waals surface area contributed by atoms with Crippen molar-refractivity contribution < 1.29 is 0 Å². The SMILES string of the molecule is CCc1ccnc(NCCCn2cncn2)c1. The number of pyridine rings is 1. The number of hydrogen-bond donors (Lipinski definition) is 1. The average molecular weight is 231 g/mol. The molecule has 0 saturated heterocycles. The van der Waals surface area contributed by atoms with Gasteiger partial charge in [0, 0.05) is 19.3 Å². The molecule has 0 radical (unpaired) electrons. The van der Waals surface area contributed by atoms with Crippen LogP contribution in [0.5, 0.6) is 0 Å². The highest BCUT2D eigenvalue weighted by Crippen LogP contribution is 2.07. The van der Waals surface area contributed by atoms with Gasteiger partial charge in [-0.1, -0.05) is 6.92 Å². The molecule has 0 aliphatic rings. The van der Waals surface area contributed by atoms with Crippen molar-refractivity contribution in [3.63, 3.8) is 0 Å². The predicted molar refractivity (Wildman–Crippen MR) is 66.7 cm³/mol. The third-order valence-electron chi connectivity index (χ3n) is 2.57. The molecule has 0 aliphatic heterocycles. The quantitative estimate of drug-likeness (QED) is 0.769.